The minimum absolute atomic E-state index is 0.306. The Balaban J connectivity index is 2.01. The zero-order chi connectivity index (χ0) is 12.5. The number of alkyl halides is 1. The molecule has 0 spiro atoms. The van der Waals surface area contributed by atoms with Crippen LogP contribution in [0, 0.1) is 11.8 Å². The Morgan fingerprint density at radius 2 is 1.76 bits per heavy atom. The summed E-state index contributed by atoms with van der Waals surface area (Å²) in [5.74, 6) is 1.44. The van der Waals surface area contributed by atoms with Crippen LogP contribution in [-0.4, -0.2) is 16.9 Å². The van der Waals surface area contributed by atoms with Crippen LogP contribution in [0.1, 0.15) is 58.3 Å². The Labute approximate surface area is 119 Å². The van der Waals surface area contributed by atoms with Gasteiger partial charge in [0.15, 0.2) is 0 Å². The van der Waals surface area contributed by atoms with Crippen molar-refractivity contribution in [3.05, 3.63) is 0 Å². The summed E-state index contributed by atoms with van der Waals surface area (Å²) in [4.78, 5) is 11.9. The molecule has 1 rings (SSSR count). The summed E-state index contributed by atoms with van der Waals surface area (Å²) in [5, 5.41) is 3.10. The molecule has 0 saturated heterocycles. The van der Waals surface area contributed by atoms with Gasteiger partial charge in [0.25, 0.3) is 0 Å². The van der Waals surface area contributed by atoms with Gasteiger partial charge in [0.1, 0.15) is 0 Å². The number of hydrogen-bond acceptors (Lipinski definition) is 1. The van der Waals surface area contributed by atoms with Gasteiger partial charge in [-0.1, -0.05) is 42.4 Å². The molecule has 1 aliphatic carbocycles. The van der Waals surface area contributed by atoms with E-state index in [2.05, 4.69) is 34.8 Å². The van der Waals surface area contributed by atoms with Crippen LogP contribution in [0.5, 0.6) is 0 Å². The number of hydrogen-bond donors (Lipinski definition) is 1. The van der Waals surface area contributed by atoms with Gasteiger partial charge in [0.05, 0.1) is 0 Å². The summed E-state index contributed by atoms with van der Waals surface area (Å²) in [6.45, 7) is 3.17. The second-order valence-electron chi connectivity index (χ2n) is 5.35. The highest BCUT2D eigenvalue weighted by molar-refractivity contribution is 14.1. The highest BCUT2D eigenvalue weighted by Crippen LogP contribution is 2.28. The van der Waals surface area contributed by atoms with Crippen molar-refractivity contribution in [1.29, 1.82) is 0 Å². The first-order valence-electron chi connectivity index (χ1n) is 7.07. The molecule has 0 aromatic carbocycles. The smallest absolute Gasteiger partial charge is 0.223 e. The molecule has 0 aromatic rings. The third kappa shape index (κ3) is 6.63. The number of amides is 1. The monoisotopic (exact) mass is 351 g/mol. The molecule has 1 saturated carbocycles. The third-order valence-corrected chi connectivity index (χ3v) is 4.51. The molecule has 0 unspecified atom stereocenters. The first-order chi connectivity index (χ1) is 8.24. The molecule has 0 aromatic heterocycles. The van der Waals surface area contributed by atoms with Crippen LogP contribution < -0.4 is 5.32 Å². The van der Waals surface area contributed by atoms with Crippen LogP contribution in [0.3, 0.4) is 0 Å². The van der Waals surface area contributed by atoms with Crippen molar-refractivity contribution < 1.29 is 4.79 Å². The molecule has 1 aliphatic rings. The van der Waals surface area contributed by atoms with Gasteiger partial charge in [0, 0.05) is 12.5 Å². The molecule has 1 amide bonds. The fourth-order valence-electron chi connectivity index (χ4n) is 2.45. The Morgan fingerprint density at radius 3 is 2.41 bits per heavy atom. The number of halogens is 1. The molecule has 0 atom stereocenters. The van der Waals surface area contributed by atoms with Crippen molar-refractivity contribution in [2.45, 2.75) is 58.3 Å². The van der Waals surface area contributed by atoms with Gasteiger partial charge in [-0.2, -0.15) is 0 Å². The van der Waals surface area contributed by atoms with Gasteiger partial charge >= 0.3 is 0 Å². The predicted octanol–water partition coefficient (Wildman–Crippen LogP) is 3.92. The summed E-state index contributed by atoms with van der Waals surface area (Å²) in [5.41, 5.74) is 0. The van der Waals surface area contributed by atoms with Gasteiger partial charge in [-0.25, -0.2) is 0 Å². The normalized spacial score (nSPS) is 24.6. The molecule has 1 N–H and O–H groups in total. The molecule has 2 nitrogen and oxygen atoms in total. The fraction of sp³-hybridized carbons (Fsp3) is 0.929. The lowest BCUT2D eigenvalue weighted by molar-refractivity contribution is -0.126. The van der Waals surface area contributed by atoms with E-state index in [4.69, 9.17) is 0 Å². The topological polar surface area (TPSA) is 29.1 Å². The molecule has 0 heterocycles. The lowest BCUT2D eigenvalue weighted by Crippen LogP contribution is -2.33. The first kappa shape index (κ1) is 15.3. The van der Waals surface area contributed by atoms with Crippen molar-refractivity contribution in [3.63, 3.8) is 0 Å². The van der Waals surface area contributed by atoms with Crippen LogP contribution in [0.15, 0.2) is 0 Å². The highest BCUT2D eigenvalue weighted by Gasteiger charge is 2.23. The fourth-order valence-corrected chi connectivity index (χ4v) is 2.99. The minimum Gasteiger partial charge on any atom is -0.356 e. The lowest BCUT2D eigenvalue weighted by Gasteiger charge is -2.25. The van der Waals surface area contributed by atoms with Crippen molar-refractivity contribution >= 4 is 28.5 Å². The molecule has 100 valence electrons. The lowest BCUT2D eigenvalue weighted by atomic mass is 9.82. The maximum absolute atomic E-state index is 11.9. The Bertz CT molecular complexity index is 212. The van der Waals surface area contributed by atoms with E-state index in [0.29, 0.717) is 11.8 Å². The van der Waals surface area contributed by atoms with E-state index in [-0.39, 0.29) is 0 Å². The second kappa shape index (κ2) is 9.17. The first-order valence-corrected chi connectivity index (χ1v) is 8.60. The van der Waals surface area contributed by atoms with Crippen molar-refractivity contribution in [1.82, 2.24) is 5.32 Å². The van der Waals surface area contributed by atoms with Crippen molar-refractivity contribution in [2.24, 2.45) is 11.8 Å². The van der Waals surface area contributed by atoms with E-state index < -0.39 is 0 Å². The molecule has 0 aliphatic heterocycles. The average Bonchev–Trinajstić information content (AvgIpc) is 2.34. The average molecular weight is 351 g/mol. The van der Waals surface area contributed by atoms with E-state index in [0.717, 1.165) is 31.7 Å². The van der Waals surface area contributed by atoms with E-state index in [1.807, 2.05) is 0 Å². The molecule has 17 heavy (non-hydrogen) atoms. The molecule has 1 fully saturated rings. The zero-order valence-corrected chi connectivity index (χ0v) is 13.2. The minimum atomic E-state index is 0.306. The van der Waals surface area contributed by atoms with Gasteiger partial charge in [-0.15, -0.1) is 0 Å². The van der Waals surface area contributed by atoms with Crippen LogP contribution in [0.4, 0.5) is 0 Å². The van der Waals surface area contributed by atoms with Crippen LogP contribution >= 0.6 is 22.6 Å². The Morgan fingerprint density at radius 1 is 1.12 bits per heavy atom. The van der Waals surface area contributed by atoms with E-state index in [1.54, 1.807) is 0 Å². The van der Waals surface area contributed by atoms with Crippen LogP contribution in [-0.2, 0) is 4.79 Å². The van der Waals surface area contributed by atoms with Gasteiger partial charge in [-0.3, -0.25) is 4.79 Å². The molecule has 0 bridgehead atoms. The summed E-state index contributed by atoms with van der Waals surface area (Å²) >= 11 is 2.42. The quantitative estimate of drug-likeness (QED) is 0.420. The molecular weight excluding hydrogens is 325 g/mol. The van der Waals surface area contributed by atoms with Crippen LogP contribution in [0.2, 0.25) is 0 Å². The number of carbonyl (C=O) groups excluding carboxylic acids is 1. The Hall–Kier alpha value is 0.200. The van der Waals surface area contributed by atoms with Crippen LogP contribution in [0.25, 0.3) is 0 Å². The van der Waals surface area contributed by atoms with E-state index in [1.165, 1.54) is 36.5 Å². The SMILES string of the molecule is CC1CCC(C(=O)NCCCCCCI)CC1. The number of unbranched alkanes of at least 4 members (excludes halogenated alkanes) is 3. The number of carbonyl (C=O) groups is 1. The summed E-state index contributed by atoms with van der Waals surface area (Å²) < 4.78 is 1.25. The Kier molecular flexibility index (Phi) is 8.23. The largest absolute Gasteiger partial charge is 0.356 e. The molecule has 3 heteroatoms. The standard InChI is InChI=1S/C14H26INO/c1-12-6-8-13(9-7-12)14(17)16-11-5-3-2-4-10-15/h12-13H,2-11H2,1H3,(H,16,17). The van der Waals surface area contributed by atoms with E-state index in [9.17, 15) is 4.79 Å². The number of nitrogens with one attached hydrogen (secondary N) is 1. The summed E-state index contributed by atoms with van der Waals surface area (Å²) in [6, 6.07) is 0. The number of rotatable bonds is 7. The zero-order valence-electron chi connectivity index (χ0n) is 11.0. The maximum Gasteiger partial charge on any atom is 0.223 e. The van der Waals surface area contributed by atoms with Crippen molar-refractivity contribution in [2.75, 3.05) is 11.0 Å². The maximum atomic E-state index is 11.9. The van der Waals surface area contributed by atoms with E-state index >= 15 is 0 Å². The molecular formula is C14H26INO. The van der Waals surface area contributed by atoms with Gasteiger partial charge in [0.2, 0.25) is 5.91 Å². The second-order valence-corrected chi connectivity index (χ2v) is 6.43. The van der Waals surface area contributed by atoms with Gasteiger partial charge < -0.3 is 5.32 Å². The van der Waals surface area contributed by atoms with Gasteiger partial charge in [-0.05, 0) is 48.9 Å². The summed E-state index contributed by atoms with van der Waals surface area (Å²) in [7, 11) is 0. The predicted molar refractivity (Wildman–Crippen MR) is 81.5 cm³/mol. The molecule has 0 radical (unpaired) electrons. The summed E-state index contributed by atoms with van der Waals surface area (Å²) in [6.07, 6.45) is 9.68. The third-order valence-electron chi connectivity index (χ3n) is 3.75. The highest BCUT2D eigenvalue weighted by atomic mass is 127. The van der Waals surface area contributed by atoms with Crippen molar-refractivity contribution in [3.8, 4) is 0 Å².